The summed E-state index contributed by atoms with van der Waals surface area (Å²) in [4.78, 5) is 16.5. The second-order valence-electron chi connectivity index (χ2n) is 6.64. The van der Waals surface area contributed by atoms with Crippen LogP contribution in [0.2, 0.25) is 0 Å². The SMILES string of the molecule is COc1cc(C)c(/C=C/C(=O)Nc2ccc(Oc3ccccc3OC)nc2)c(C)c1. The monoisotopic (exact) mass is 404 g/mol. The number of methoxy groups -OCH3 is 2. The normalized spacial score (nSPS) is 10.7. The van der Waals surface area contributed by atoms with Gasteiger partial charge in [0.05, 0.1) is 26.1 Å². The number of nitrogens with zero attached hydrogens (tertiary/aromatic N) is 1. The molecule has 2 aromatic carbocycles. The number of benzene rings is 2. The van der Waals surface area contributed by atoms with Crippen molar-refractivity contribution >= 4 is 17.7 Å². The van der Waals surface area contributed by atoms with Gasteiger partial charge in [0, 0.05) is 12.1 Å². The van der Waals surface area contributed by atoms with E-state index in [0.717, 1.165) is 22.4 Å². The molecule has 0 unspecified atom stereocenters. The van der Waals surface area contributed by atoms with Gasteiger partial charge in [-0.25, -0.2) is 4.98 Å². The van der Waals surface area contributed by atoms with Crippen LogP contribution in [0.25, 0.3) is 6.08 Å². The fraction of sp³-hybridized carbons (Fsp3) is 0.167. The van der Waals surface area contributed by atoms with Crippen LogP contribution in [0.1, 0.15) is 16.7 Å². The maximum absolute atomic E-state index is 12.3. The Kier molecular flexibility index (Phi) is 6.70. The van der Waals surface area contributed by atoms with Gasteiger partial charge in [-0.15, -0.1) is 0 Å². The Morgan fingerprint density at radius 3 is 2.27 bits per heavy atom. The average Bonchev–Trinajstić information content (AvgIpc) is 2.74. The maximum Gasteiger partial charge on any atom is 0.248 e. The molecule has 0 radical (unpaired) electrons. The molecule has 0 atom stereocenters. The number of rotatable bonds is 7. The Labute approximate surface area is 176 Å². The quantitative estimate of drug-likeness (QED) is 0.551. The van der Waals surface area contributed by atoms with Crippen LogP contribution >= 0.6 is 0 Å². The van der Waals surface area contributed by atoms with Crippen molar-refractivity contribution < 1.29 is 19.0 Å². The van der Waals surface area contributed by atoms with E-state index in [1.165, 1.54) is 6.08 Å². The second-order valence-corrected chi connectivity index (χ2v) is 6.64. The van der Waals surface area contributed by atoms with Crippen LogP contribution in [-0.4, -0.2) is 25.1 Å². The minimum absolute atomic E-state index is 0.246. The molecule has 6 heteroatoms. The molecule has 3 aromatic rings. The average molecular weight is 404 g/mol. The molecular weight excluding hydrogens is 380 g/mol. The smallest absolute Gasteiger partial charge is 0.248 e. The molecule has 30 heavy (non-hydrogen) atoms. The number of amides is 1. The summed E-state index contributed by atoms with van der Waals surface area (Å²) in [7, 11) is 3.22. The Morgan fingerprint density at radius 2 is 1.67 bits per heavy atom. The Balaban J connectivity index is 1.64. The highest BCUT2D eigenvalue weighted by atomic mass is 16.5. The standard InChI is InChI=1S/C24H24N2O4/c1-16-13-19(28-3)14-17(2)20(16)10-11-23(27)26-18-9-12-24(25-15-18)30-22-8-6-5-7-21(22)29-4/h5-15H,1-4H3,(H,26,27)/b11-10+. The molecule has 0 saturated carbocycles. The topological polar surface area (TPSA) is 69.7 Å². The Morgan fingerprint density at radius 1 is 0.967 bits per heavy atom. The van der Waals surface area contributed by atoms with E-state index in [0.29, 0.717) is 23.1 Å². The third-order valence-corrected chi connectivity index (χ3v) is 4.49. The van der Waals surface area contributed by atoms with Crippen molar-refractivity contribution in [1.29, 1.82) is 0 Å². The van der Waals surface area contributed by atoms with E-state index in [4.69, 9.17) is 14.2 Å². The molecule has 1 aromatic heterocycles. The number of hydrogen-bond donors (Lipinski definition) is 1. The van der Waals surface area contributed by atoms with Gasteiger partial charge in [0.1, 0.15) is 5.75 Å². The van der Waals surface area contributed by atoms with Gasteiger partial charge in [0.15, 0.2) is 11.5 Å². The number of para-hydroxylation sites is 2. The van der Waals surface area contributed by atoms with E-state index < -0.39 is 0 Å². The number of anilines is 1. The second kappa shape index (κ2) is 9.60. The molecule has 0 aliphatic carbocycles. The predicted octanol–water partition coefficient (Wildman–Crippen LogP) is 5.16. The zero-order chi connectivity index (χ0) is 21.5. The molecule has 0 aliphatic rings. The number of carbonyl (C=O) groups is 1. The summed E-state index contributed by atoms with van der Waals surface area (Å²) < 4.78 is 16.3. The lowest BCUT2D eigenvalue weighted by Crippen LogP contribution is -2.08. The zero-order valence-electron chi connectivity index (χ0n) is 17.4. The van der Waals surface area contributed by atoms with E-state index in [9.17, 15) is 4.79 Å². The molecule has 1 N–H and O–H groups in total. The summed E-state index contributed by atoms with van der Waals surface area (Å²) in [5.74, 6) is 2.14. The molecule has 6 nitrogen and oxygen atoms in total. The fourth-order valence-electron chi connectivity index (χ4n) is 2.99. The first-order valence-electron chi connectivity index (χ1n) is 9.41. The molecule has 0 spiro atoms. The van der Waals surface area contributed by atoms with E-state index in [2.05, 4.69) is 10.3 Å². The lowest BCUT2D eigenvalue weighted by molar-refractivity contribution is -0.111. The molecule has 1 amide bonds. The van der Waals surface area contributed by atoms with Gasteiger partial charge < -0.3 is 19.5 Å². The Hall–Kier alpha value is -3.80. The molecule has 0 fully saturated rings. The third kappa shape index (κ3) is 5.17. The van der Waals surface area contributed by atoms with Gasteiger partial charge in [-0.3, -0.25) is 4.79 Å². The highest BCUT2D eigenvalue weighted by molar-refractivity contribution is 6.02. The summed E-state index contributed by atoms with van der Waals surface area (Å²) in [5.41, 5.74) is 3.63. The first kappa shape index (κ1) is 20.9. The molecule has 3 rings (SSSR count). The van der Waals surface area contributed by atoms with Crippen LogP contribution in [0.4, 0.5) is 5.69 Å². The number of pyridine rings is 1. The van der Waals surface area contributed by atoms with E-state index >= 15 is 0 Å². The lowest BCUT2D eigenvalue weighted by atomic mass is 10.0. The molecule has 154 valence electrons. The number of hydrogen-bond acceptors (Lipinski definition) is 5. The van der Waals surface area contributed by atoms with Gasteiger partial charge in [-0.2, -0.15) is 0 Å². The molecule has 0 bridgehead atoms. The highest BCUT2D eigenvalue weighted by Gasteiger charge is 2.07. The third-order valence-electron chi connectivity index (χ3n) is 4.49. The van der Waals surface area contributed by atoms with Crippen molar-refractivity contribution in [3.63, 3.8) is 0 Å². The van der Waals surface area contributed by atoms with Crippen LogP contribution in [0, 0.1) is 13.8 Å². The van der Waals surface area contributed by atoms with Crippen molar-refractivity contribution in [2.24, 2.45) is 0 Å². The number of nitrogens with one attached hydrogen (secondary N) is 1. The summed E-state index contributed by atoms with van der Waals surface area (Å²) in [5, 5.41) is 2.79. The molecule has 0 aliphatic heterocycles. The predicted molar refractivity (Wildman–Crippen MR) is 117 cm³/mol. The van der Waals surface area contributed by atoms with Gasteiger partial charge >= 0.3 is 0 Å². The minimum Gasteiger partial charge on any atom is -0.497 e. The van der Waals surface area contributed by atoms with Gasteiger partial charge in [-0.1, -0.05) is 12.1 Å². The number of aryl methyl sites for hydroxylation is 2. The summed E-state index contributed by atoms with van der Waals surface area (Å²) in [6, 6.07) is 14.6. The fourth-order valence-corrected chi connectivity index (χ4v) is 2.99. The lowest BCUT2D eigenvalue weighted by Gasteiger charge is -2.10. The van der Waals surface area contributed by atoms with Crippen LogP contribution in [-0.2, 0) is 4.79 Å². The Bertz CT molecular complexity index is 1040. The number of aromatic nitrogens is 1. The maximum atomic E-state index is 12.3. The van der Waals surface area contributed by atoms with Crippen molar-refractivity contribution in [1.82, 2.24) is 4.98 Å². The van der Waals surface area contributed by atoms with Crippen molar-refractivity contribution in [3.05, 3.63) is 77.5 Å². The number of carbonyl (C=O) groups excluding carboxylic acids is 1. The van der Waals surface area contributed by atoms with Crippen LogP contribution < -0.4 is 19.5 Å². The van der Waals surface area contributed by atoms with E-state index in [1.807, 2.05) is 44.2 Å². The van der Waals surface area contributed by atoms with Crippen molar-refractivity contribution in [2.45, 2.75) is 13.8 Å². The first-order chi connectivity index (χ1) is 14.5. The van der Waals surface area contributed by atoms with Gasteiger partial charge in [-0.05, 0) is 66.9 Å². The zero-order valence-corrected chi connectivity index (χ0v) is 17.4. The van der Waals surface area contributed by atoms with Crippen LogP contribution in [0.15, 0.2) is 60.8 Å². The highest BCUT2D eigenvalue weighted by Crippen LogP contribution is 2.30. The van der Waals surface area contributed by atoms with E-state index in [-0.39, 0.29) is 5.91 Å². The van der Waals surface area contributed by atoms with Gasteiger partial charge in [0.25, 0.3) is 0 Å². The van der Waals surface area contributed by atoms with Gasteiger partial charge in [0.2, 0.25) is 11.8 Å². The molecule has 0 saturated heterocycles. The van der Waals surface area contributed by atoms with E-state index in [1.54, 1.807) is 44.7 Å². The molecular formula is C24H24N2O4. The largest absolute Gasteiger partial charge is 0.497 e. The molecule has 1 heterocycles. The summed E-state index contributed by atoms with van der Waals surface area (Å²) >= 11 is 0. The summed E-state index contributed by atoms with van der Waals surface area (Å²) in [6.07, 6.45) is 4.84. The van der Waals surface area contributed by atoms with Crippen LogP contribution in [0.3, 0.4) is 0 Å². The minimum atomic E-state index is -0.246. The van der Waals surface area contributed by atoms with Crippen molar-refractivity contribution in [3.8, 4) is 23.1 Å². The number of ether oxygens (including phenoxy) is 3. The first-order valence-corrected chi connectivity index (χ1v) is 9.41. The van der Waals surface area contributed by atoms with Crippen molar-refractivity contribution in [2.75, 3.05) is 19.5 Å². The summed E-state index contributed by atoms with van der Waals surface area (Å²) in [6.45, 7) is 3.97. The van der Waals surface area contributed by atoms with Crippen LogP contribution in [0.5, 0.6) is 23.1 Å².